The first-order chi connectivity index (χ1) is 13.1. The summed E-state index contributed by atoms with van der Waals surface area (Å²) in [4.78, 5) is 4.30. The quantitative estimate of drug-likeness (QED) is 0.635. The van der Waals surface area contributed by atoms with Gasteiger partial charge in [-0.2, -0.15) is 0 Å². The molecule has 4 rings (SSSR count). The van der Waals surface area contributed by atoms with E-state index in [2.05, 4.69) is 4.98 Å². The van der Waals surface area contributed by atoms with Gasteiger partial charge >= 0.3 is 0 Å². The molecule has 0 spiro atoms. The third kappa shape index (κ3) is 3.95. The Balaban J connectivity index is 1.62. The van der Waals surface area contributed by atoms with E-state index >= 15 is 0 Å². The molecule has 1 aliphatic rings. The van der Waals surface area contributed by atoms with Crippen LogP contribution in [0, 0.1) is 0 Å². The van der Waals surface area contributed by atoms with Crippen molar-refractivity contribution >= 4 is 10.4 Å². The lowest BCUT2D eigenvalue weighted by Gasteiger charge is -2.26. The van der Waals surface area contributed by atoms with Crippen LogP contribution in [-0.2, 0) is 27.6 Å². The smallest absolute Gasteiger partial charge is 0.272 e. The van der Waals surface area contributed by atoms with E-state index < -0.39 is 10.4 Å². The summed E-state index contributed by atoms with van der Waals surface area (Å²) >= 11 is 0. The number of hydrogen-bond donors (Lipinski definition) is 0. The SMILES string of the molecule is O=[S+]1([O-])c2cccnc2OC(Cn2cccc2)CN1CCc1ccccc1. The summed E-state index contributed by atoms with van der Waals surface area (Å²) in [6.07, 6.45) is 5.76. The van der Waals surface area contributed by atoms with Crippen LogP contribution in [-0.4, -0.2) is 37.6 Å². The van der Waals surface area contributed by atoms with Crippen LogP contribution in [0.5, 0.6) is 5.88 Å². The van der Waals surface area contributed by atoms with Crippen LogP contribution in [0.3, 0.4) is 0 Å². The zero-order valence-corrected chi connectivity index (χ0v) is 15.6. The number of fused-ring (bicyclic) bond motifs is 1. The normalized spacial score (nSPS) is 22.6. The Kier molecular flexibility index (Phi) is 5.07. The second-order valence-corrected chi connectivity index (χ2v) is 8.43. The fourth-order valence-corrected chi connectivity index (χ4v) is 4.80. The first-order valence-corrected chi connectivity index (χ1v) is 10.3. The van der Waals surface area contributed by atoms with E-state index in [1.165, 1.54) is 4.31 Å². The van der Waals surface area contributed by atoms with Gasteiger partial charge in [0, 0.05) is 31.2 Å². The lowest BCUT2D eigenvalue weighted by atomic mass is 10.1. The van der Waals surface area contributed by atoms with Crippen molar-refractivity contribution in [2.75, 3.05) is 13.1 Å². The van der Waals surface area contributed by atoms with Crippen LogP contribution < -0.4 is 4.74 Å². The Morgan fingerprint density at radius 1 is 1.11 bits per heavy atom. The van der Waals surface area contributed by atoms with Gasteiger partial charge in [-0.15, -0.1) is 4.31 Å². The third-order valence-electron chi connectivity index (χ3n) is 4.61. The predicted octanol–water partition coefficient (Wildman–Crippen LogP) is 2.79. The Morgan fingerprint density at radius 2 is 1.89 bits per heavy atom. The van der Waals surface area contributed by atoms with Crippen LogP contribution in [0.15, 0.2) is 78.1 Å². The minimum atomic E-state index is -3.66. The van der Waals surface area contributed by atoms with Gasteiger partial charge < -0.3 is 13.9 Å². The Labute approximate surface area is 159 Å². The standard InChI is InChI=1S/C20H21N3O3S/c24-27(25)19-9-6-11-21-20(19)26-18(15-22-12-4-5-13-22)16-23(27)14-10-17-7-2-1-3-8-17/h1-9,11-13,18H,10,14-16H2. The van der Waals surface area contributed by atoms with Crippen molar-refractivity contribution in [3.05, 3.63) is 78.8 Å². The molecule has 0 saturated carbocycles. The monoisotopic (exact) mass is 383 g/mol. The van der Waals surface area contributed by atoms with Crippen molar-refractivity contribution in [3.8, 4) is 5.88 Å². The number of ether oxygens (including phenoxy) is 1. The Bertz CT molecular complexity index is 931. The maximum absolute atomic E-state index is 13.2. The molecule has 0 saturated heterocycles. The summed E-state index contributed by atoms with van der Waals surface area (Å²) in [6, 6.07) is 17.0. The van der Waals surface area contributed by atoms with Crippen LogP contribution in [0.1, 0.15) is 5.56 Å². The topological polar surface area (TPSA) is 70.4 Å². The zero-order valence-electron chi connectivity index (χ0n) is 14.8. The van der Waals surface area contributed by atoms with Gasteiger partial charge in [-0.25, -0.2) is 4.98 Å². The molecule has 2 unspecified atom stereocenters. The summed E-state index contributed by atoms with van der Waals surface area (Å²) < 4.78 is 35.9. The predicted molar refractivity (Wildman–Crippen MR) is 102 cm³/mol. The van der Waals surface area contributed by atoms with E-state index in [4.69, 9.17) is 4.74 Å². The fourth-order valence-electron chi connectivity index (χ4n) is 3.25. The Morgan fingerprint density at radius 3 is 2.67 bits per heavy atom. The molecule has 0 fully saturated rings. The maximum Gasteiger partial charge on any atom is 0.272 e. The van der Waals surface area contributed by atoms with Crippen LogP contribution in [0.2, 0.25) is 0 Å². The van der Waals surface area contributed by atoms with E-state index in [-0.39, 0.29) is 23.4 Å². The summed E-state index contributed by atoms with van der Waals surface area (Å²) in [5.74, 6) is 0.178. The molecule has 0 radical (unpaired) electrons. The molecule has 0 bridgehead atoms. The number of nitrogens with zero attached hydrogens (tertiary/aromatic N) is 3. The molecule has 27 heavy (non-hydrogen) atoms. The van der Waals surface area contributed by atoms with Crippen molar-refractivity contribution in [3.63, 3.8) is 0 Å². The van der Waals surface area contributed by atoms with Crippen LogP contribution in [0.4, 0.5) is 0 Å². The lowest BCUT2D eigenvalue weighted by Crippen LogP contribution is -2.42. The summed E-state index contributed by atoms with van der Waals surface area (Å²) in [6.45, 7) is 1.23. The van der Waals surface area contributed by atoms with E-state index in [9.17, 15) is 8.76 Å². The largest absolute Gasteiger partial charge is 0.593 e. The number of aromatic nitrogens is 2. The molecular formula is C20H21N3O3S. The second kappa shape index (κ2) is 7.64. The number of rotatable bonds is 5. The lowest BCUT2D eigenvalue weighted by molar-refractivity contribution is 0.148. The molecule has 2 aromatic heterocycles. The average molecular weight is 383 g/mol. The Hall–Kier alpha value is -2.48. The minimum Gasteiger partial charge on any atom is -0.593 e. The van der Waals surface area contributed by atoms with Gasteiger partial charge in [0.2, 0.25) is 4.90 Å². The zero-order chi connectivity index (χ0) is 18.7. The van der Waals surface area contributed by atoms with E-state index in [0.717, 1.165) is 5.56 Å². The van der Waals surface area contributed by atoms with E-state index in [1.807, 2.05) is 59.4 Å². The van der Waals surface area contributed by atoms with Crippen molar-refractivity contribution in [2.45, 2.75) is 24.0 Å². The van der Waals surface area contributed by atoms with Gasteiger partial charge in [-0.3, -0.25) is 0 Å². The van der Waals surface area contributed by atoms with Gasteiger partial charge in [0.25, 0.3) is 5.88 Å². The number of hydrogen-bond acceptors (Lipinski definition) is 4. The molecule has 1 aromatic carbocycles. The van der Waals surface area contributed by atoms with Gasteiger partial charge in [-0.05, 0) is 30.2 Å². The van der Waals surface area contributed by atoms with E-state index in [1.54, 1.807) is 18.3 Å². The molecule has 3 heterocycles. The van der Waals surface area contributed by atoms with Crippen molar-refractivity contribution in [1.29, 1.82) is 0 Å². The van der Waals surface area contributed by atoms with Crippen molar-refractivity contribution in [2.24, 2.45) is 0 Å². The van der Waals surface area contributed by atoms with Gasteiger partial charge in [0.15, 0.2) is 10.4 Å². The molecule has 1 aliphatic heterocycles. The van der Waals surface area contributed by atoms with E-state index in [0.29, 0.717) is 19.5 Å². The first kappa shape index (κ1) is 17.9. The van der Waals surface area contributed by atoms with Crippen molar-refractivity contribution in [1.82, 2.24) is 13.9 Å². The van der Waals surface area contributed by atoms with Crippen LogP contribution >= 0.6 is 0 Å². The number of pyridine rings is 1. The molecule has 0 aliphatic carbocycles. The molecule has 140 valence electrons. The molecule has 6 nitrogen and oxygen atoms in total. The fraction of sp³-hybridized carbons (Fsp3) is 0.250. The highest BCUT2D eigenvalue weighted by atomic mass is 32.3. The molecule has 7 heteroatoms. The first-order valence-electron chi connectivity index (χ1n) is 8.89. The van der Waals surface area contributed by atoms with Gasteiger partial charge in [0.1, 0.15) is 6.10 Å². The summed E-state index contributed by atoms with van der Waals surface area (Å²) in [7, 11) is -3.66. The molecule has 0 amide bonds. The third-order valence-corrected chi connectivity index (χ3v) is 6.49. The van der Waals surface area contributed by atoms with Gasteiger partial charge in [0.05, 0.1) is 13.1 Å². The molecular weight excluding hydrogens is 362 g/mol. The number of benzene rings is 1. The number of sulfonamides is 1. The minimum absolute atomic E-state index is 0.132. The molecule has 2 atom stereocenters. The van der Waals surface area contributed by atoms with Crippen molar-refractivity contribution < 1.29 is 13.5 Å². The maximum atomic E-state index is 13.2. The summed E-state index contributed by atoms with van der Waals surface area (Å²) in [5, 5.41) is 0. The highest BCUT2D eigenvalue weighted by molar-refractivity contribution is 7.95. The van der Waals surface area contributed by atoms with Crippen LogP contribution in [0.25, 0.3) is 0 Å². The average Bonchev–Trinajstić information content (AvgIpc) is 3.15. The summed E-state index contributed by atoms with van der Waals surface area (Å²) in [5.41, 5.74) is 1.10. The highest BCUT2D eigenvalue weighted by Crippen LogP contribution is 2.32. The molecule has 0 N–H and O–H groups in total. The highest BCUT2D eigenvalue weighted by Gasteiger charge is 2.40. The van der Waals surface area contributed by atoms with Gasteiger partial charge in [-0.1, -0.05) is 34.5 Å². The molecule has 3 aromatic rings. The second-order valence-electron chi connectivity index (χ2n) is 6.53.